The lowest BCUT2D eigenvalue weighted by Crippen LogP contribution is -2.38. The van der Waals surface area contributed by atoms with E-state index in [0.717, 1.165) is 0 Å². The molecule has 0 spiro atoms. The van der Waals surface area contributed by atoms with E-state index in [1.165, 1.54) is 31.4 Å². The van der Waals surface area contributed by atoms with Crippen LogP contribution in [-0.4, -0.2) is 48.0 Å². The predicted octanol–water partition coefficient (Wildman–Crippen LogP) is 0.225. The Hall–Kier alpha value is -1.54. The summed E-state index contributed by atoms with van der Waals surface area (Å²) in [5.41, 5.74) is 0.559. The van der Waals surface area contributed by atoms with Gasteiger partial charge < -0.3 is 20.3 Å². The molecule has 3 N–H and O–H groups in total. The topological polar surface area (TPSA) is 105 Å². The Bertz CT molecular complexity index is 396. The van der Waals surface area contributed by atoms with Crippen molar-refractivity contribution in [1.29, 1.82) is 0 Å². The zero-order valence-corrected chi connectivity index (χ0v) is 10.7. The molecule has 0 bridgehead atoms. The number of non-ortho nitro benzene ring substituents is 1. The summed E-state index contributed by atoms with van der Waals surface area (Å²) in [6.45, 7) is 0.469. The van der Waals surface area contributed by atoms with Crippen LogP contribution < -0.4 is 5.32 Å². The summed E-state index contributed by atoms with van der Waals surface area (Å²) >= 11 is 0. The Kier molecular flexibility index (Phi) is 6.37. The van der Waals surface area contributed by atoms with Crippen LogP contribution in [0.3, 0.4) is 0 Å². The van der Waals surface area contributed by atoms with E-state index < -0.39 is 11.0 Å². The van der Waals surface area contributed by atoms with Crippen LogP contribution in [0.4, 0.5) is 5.69 Å². The van der Waals surface area contributed by atoms with E-state index in [1.54, 1.807) is 0 Å². The molecule has 1 aromatic carbocycles. The van der Waals surface area contributed by atoms with E-state index in [2.05, 4.69) is 5.32 Å². The van der Waals surface area contributed by atoms with Crippen molar-refractivity contribution in [3.8, 4) is 0 Å². The smallest absolute Gasteiger partial charge is 0.269 e. The standard InChI is InChI=1S/C12H18N2O5/c1-19-8-10(7-15)13-6-12(16)9-2-4-11(5-3-9)14(17)18/h2-5,10,12-13,15-16H,6-8H2,1H3. The number of nitrogens with zero attached hydrogens (tertiary/aromatic N) is 1. The molecule has 0 saturated carbocycles. The van der Waals surface area contributed by atoms with Gasteiger partial charge in [-0.2, -0.15) is 0 Å². The van der Waals surface area contributed by atoms with Crippen LogP contribution in [0.25, 0.3) is 0 Å². The zero-order chi connectivity index (χ0) is 14.3. The average molecular weight is 270 g/mol. The van der Waals surface area contributed by atoms with Crippen LogP contribution in [0, 0.1) is 10.1 Å². The van der Waals surface area contributed by atoms with Gasteiger partial charge in [-0.3, -0.25) is 10.1 Å². The number of ether oxygens (including phenoxy) is 1. The number of hydrogen-bond acceptors (Lipinski definition) is 6. The van der Waals surface area contributed by atoms with Crippen molar-refractivity contribution in [3.05, 3.63) is 39.9 Å². The van der Waals surface area contributed by atoms with Gasteiger partial charge in [0.2, 0.25) is 0 Å². The van der Waals surface area contributed by atoms with Crippen molar-refractivity contribution in [3.63, 3.8) is 0 Å². The molecule has 0 aromatic heterocycles. The summed E-state index contributed by atoms with van der Waals surface area (Å²) in [6, 6.07) is 5.45. The monoisotopic (exact) mass is 270 g/mol. The van der Waals surface area contributed by atoms with Gasteiger partial charge in [-0.1, -0.05) is 0 Å². The maximum Gasteiger partial charge on any atom is 0.269 e. The number of benzene rings is 1. The number of rotatable bonds is 8. The maximum atomic E-state index is 10.5. The fraction of sp³-hybridized carbons (Fsp3) is 0.500. The van der Waals surface area contributed by atoms with E-state index in [-0.39, 0.29) is 24.9 Å². The molecule has 2 atom stereocenters. The molecule has 1 rings (SSSR count). The fourth-order valence-corrected chi connectivity index (χ4v) is 1.59. The Morgan fingerprint density at radius 2 is 2.05 bits per heavy atom. The van der Waals surface area contributed by atoms with Gasteiger partial charge in [-0.25, -0.2) is 0 Å². The van der Waals surface area contributed by atoms with Gasteiger partial charge in [-0.05, 0) is 17.7 Å². The first-order valence-electron chi connectivity index (χ1n) is 5.84. The summed E-state index contributed by atoms with van der Waals surface area (Å²) in [7, 11) is 1.52. The number of aliphatic hydroxyl groups excluding tert-OH is 2. The molecule has 0 aliphatic rings. The molecular weight excluding hydrogens is 252 g/mol. The molecule has 7 nitrogen and oxygen atoms in total. The van der Waals surface area contributed by atoms with Gasteiger partial charge in [-0.15, -0.1) is 0 Å². The van der Waals surface area contributed by atoms with E-state index >= 15 is 0 Å². The van der Waals surface area contributed by atoms with Gasteiger partial charge in [0.1, 0.15) is 0 Å². The Labute approximate surface area is 111 Å². The first-order valence-corrected chi connectivity index (χ1v) is 5.84. The molecule has 0 aliphatic heterocycles. The molecule has 7 heteroatoms. The molecule has 19 heavy (non-hydrogen) atoms. The van der Waals surface area contributed by atoms with Crippen molar-refractivity contribution in [2.24, 2.45) is 0 Å². The molecule has 0 fully saturated rings. The van der Waals surface area contributed by atoms with Crippen LogP contribution in [0.2, 0.25) is 0 Å². The third-order valence-electron chi connectivity index (χ3n) is 2.68. The average Bonchev–Trinajstić information content (AvgIpc) is 2.43. The first-order chi connectivity index (χ1) is 9.08. The fourth-order valence-electron chi connectivity index (χ4n) is 1.59. The molecule has 0 radical (unpaired) electrons. The van der Waals surface area contributed by atoms with E-state index in [0.29, 0.717) is 12.2 Å². The molecule has 106 valence electrons. The molecular formula is C12H18N2O5. The lowest BCUT2D eigenvalue weighted by molar-refractivity contribution is -0.384. The van der Waals surface area contributed by atoms with Gasteiger partial charge in [0.05, 0.1) is 30.3 Å². The largest absolute Gasteiger partial charge is 0.395 e. The Morgan fingerprint density at radius 3 is 2.53 bits per heavy atom. The normalized spacial score (nSPS) is 14.1. The molecule has 0 heterocycles. The van der Waals surface area contributed by atoms with Crippen LogP contribution in [0.15, 0.2) is 24.3 Å². The number of nitro groups is 1. The lowest BCUT2D eigenvalue weighted by Gasteiger charge is -2.18. The third-order valence-corrected chi connectivity index (χ3v) is 2.68. The SMILES string of the molecule is COCC(CO)NCC(O)c1ccc([N+](=O)[O-])cc1. The van der Waals surface area contributed by atoms with Crippen LogP contribution in [0.1, 0.15) is 11.7 Å². The second kappa shape index (κ2) is 7.80. The van der Waals surface area contributed by atoms with Gasteiger partial charge >= 0.3 is 0 Å². The number of aliphatic hydroxyl groups is 2. The van der Waals surface area contributed by atoms with Crippen LogP contribution in [-0.2, 0) is 4.74 Å². The van der Waals surface area contributed by atoms with Crippen LogP contribution in [0.5, 0.6) is 0 Å². The summed E-state index contributed by atoms with van der Waals surface area (Å²) in [5.74, 6) is 0. The zero-order valence-electron chi connectivity index (χ0n) is 10.7. The van der Waals surface area contributed by atoms with Gasteiger partial charge in [0, 0.05) is 25.8 Å². The van der Waals surface area contributed by atoms with Crippen molar-refractivity contribution in [2.75, 3.05) is 26.9 Å². The second-order valence-electron chi connectivity index (χ2n) is 4.11. The highest BCUT2D eigenvalue weighted by Gasteiger charge is 2.13. The first kappa shape index (κ1) is 15.5. The highest BCUT2D eigenvalue weighted by Crippen LogP contribution is 2.17. The minimum Gasteiger partial charge on any atom is -0.395 e. The van der Waals surface area contributed by atoms with E-state index in [1.807, 2.05) is 0 Å². The molecule has 0 saturated heterocycles. The van der Waals surface area contributed by atoms with Crippen molar-refractivity contribution in [1.82, 2.24) is 5.32 Å². The Morgan fingerprint density at radius 1 is 1.42 bits per heavy atom. The minimum atomic E-state index is -0.799. The second-order valence-corrected chi connectivity index (χ2v) is 4.11. The van der Waals surface area contributed by atoms with E-state index in [4.69, 9.17) is 9.84 Å². The highest BCUT2D eigenvalue weighted by molar-refractivity contribution is 5.33. The quantitative estimate of drug-likeness (QED) is 0.461. The highest BCUT2D eigenvalue weighted by atomic mass is 16.6. The number of hydrogen-bond donors (Lipinski definition) is 3. The lowest BCUT2D eigenvalue weighted by atomic mass is 10.1. The van der Waals surface area contributed by atoms with Crippen molar-refractivity contribution >= 4 is 5.69 Å². The summed E-state index contributed by atoms with van der Waals surface area (Å²) in [5, 5.41) is 32.4. The molecule has 1 aromatic rings. The maximum absolute atomic E-state index is 10.5. The molecule has 2 unspecified atom stereocenters. The molecule has 0 amide bonds. The van der Waals surface area contributed by atoms with Crippen molar-refractivity contribution < 1.29 is 19.9 Å². The number of methoxy groups -OCH3 is 1. The van der Waals surface area contributed by atoms with Crippen molar-refractivity contribution in [2.45, 2.75) is 12.1 Å². The summed E-state index contributed by atoms with van der Waals surface area (Å²) < 4.78 is 4.90. The number of nitrogens with one attached hydrogen (secondary N) is 1. The minimum absolute atomic E-state index is 0.0171. The number of nitro benzene ring substituents is 1. The van der Waals surface area contributed by atoms with Gasteiger partial charge in [0.15, 0.2) is 0 Å². The van der Waals surface area contributed by atoms with Crippen LogP contribution >= 0.6 is 0 Å². The Balaban J connectivity index is 2.53. The van der Waals surface area contributed by atoms with E-state index in [9.17, 15) is 15.2 Å². The molecule has 0 aliphatic carbocycles. The third kappa shape index (κ3) is 4.92. The summed E-state index contributed by atoms with van der Waals surface area (Å²) in [4.78, 5) is 10.0. The van der Waals surface area contributed by atoms with Gasteiger partial charge in [0.25, 0.3) is 5.69 Å². The predicted molar refractivity (Wildman–Crippen MR) is 68.8 cm³/mol. The summed E-state index contributed by atoms with van der Waals surface area (Å²) in [6.07, 6.45) is -0.799.